The van der Waals surface area contributed by atoms with Gasteiger partial charge in [0.1, 0.15) is 0 Å². The highest BCUT2D eigenvalue weighted by atomic mass is 32.2. The molecule has 0 unspecified atom stereocenters. The van der Waals surface area contributed by atoms with Crippen LogP contribution in [0, 0.1) is 19.8 Å². The molecular formula is C18H24N4O3S. The van der Waals surface area contributed by atoms with Crippen LogP contribution in [0.5, 0.6) is 0 Å². The number of para-hydroxylation sites is 1. The van der Waals surface area contributed by atoms with E-state index in [-0.39, 0.29) is 11.8 Å². The number of aromatic nitrogens is 2. The fraction of sp³-hybridized carbons (Fsp3) is 0.444. The lowest BCUT2D eigenvalue weighted by Crippen LogP contribution is -2.40. The third kappa shape index (κ3) is 3.81. The maximum atomic E-state index is 12.7. The van der Waals surface area contributed by atoms with Crippen LogP contribution >= 0.6 is 0 Å². The number of hydrogen-bond donors (Lipinski definition) is 1. The first kappa shape index (κ1) is 18.6. The number of carbonyl (C=O) groups is 1. The molecule has 0 saturated carbocycles. The molecule has 7 nitrogen and oxygen atoms in total. The van der Waals surface area contributed by atoms with E-state index in [9.17, 15) is 13.2 Å². The number of carbonyl (C=O) groups excluding carboxylic acids is 1. The standard InChI is InChI=1S/C18H24N4O3S/c1-13-17(14(2)22(20-13)16-7-5-4-6-8-16)19-18(23)15-9-11-21(12-10-15)26(3,24)25/h4-8,15H,9-12H2,1-3H3,(H,19,23). The second-order valence-electron chi connectivity index (χ2n) is 6.72. The van der Waals surface area contributed by atoms with Crippen molar-refractivity contribution in [1.82, 2.24) is 14.1 Å². The van der Waals surface area contributed by atoms with Crippen molar-refractivity contribution in [3.05, 3.63) is 41.7 Å². The largest absolute Gasteiger partial charge is 0.323 e. The summed E-state index contributed by atoms with van der Waals surface area (Å²) >= 11 is 0. The fourth-order valence-electron chi connectivity index (χ4n) is 3.32. The normalized spacial score (nSPS) is 16.6. The van der Waals surface area contributed by atoms with E-state index in [2.05, 4.69) is 10.4 Å². The van der Waals surface area contributed by atoms with E-state index in [0.29, 0.717) is 25.9 Å². The topological polar surface area (TPSA) is 84.3 Å². The lowest BCUT2D eigenvalue weighted by Gasteiger charge is -2.29. The Morgan fingerprint density at radius 1 is 1.15 bits per heavy atom. The minimum atomic E-state index is -3.19. The second-order valence-corrected chi connectivity index (χ2v) is 8.70. The molecule has 0 radical (unpaired) electrons. The van der Waals surface area contributed by atoms with Crippen LogP contribution < -0.4 is 5.32 Å². The Kier molecular flexibility index (Phi) is 5.15. The zero-order valence-corrected chi connectivity index (χ0v) is 16.1. The molecule has 26 heavy (non-hydrogen) atoms. The van der Waals surface area contributed by atoms with Gasteiger partial charge in [-0.05, 0) is 38.8 Å². The molecule has 1 saturated heterocycles. The summed E-state index contributed by atoms with van der Waals surface area (Å²) in [6.45, 7) is 4.57. The molecule has 1 fully saturated rings. The van der Waals surface area contributed by atoms with E-state index in [1.807, 2.05) is 48.9 Å². The summed E-state index contributed by atoms with van der Waals surface area (Å²) in [5.74, 6) is -0.260. The zero-order chi connectivity index (χ0) is 18.9. The van der Waals surface area contributed by atoms with Gasteiger partial charge in [0, 0.05) is 19.0 Å². The Morgan fingerprint density at radius 3 is 2.35 bits per heavy atom. The summed E-state index contributed by atoms with van der Waals surface area (Å²) in [7, 11) is -3.19. The van der Waals surface area contributed by atoms with Gasteiger partial charge in [-0.3, -0.25) is 4.79 Å². The number of sulfonamides is 1. The van der Waals surface area contributed by atoms with Crippen molar-refractivity contribution in [3.8, 4) is 5.69 Å². The van der Waals surface area contributed by atoms with Gasteiger partial charge in [0.05, 0.1) is 29.0 Å². The van der Waals surface area contributed by atoms with Gasteiger partial charge in [-0.2, -0.15) is 5.10 Å². The molecule has 0 spiro atoms. The number of anilines is 1. The Morgan fingerprint density at radius 2 is 1.77 bits per heavy atom. The number of amides is 1. The average Bonchev–Trinajstić information content (AvgIpc) is 2.90. The molecule has 1 N–H and O–H groups in total. The number of benzene rings is 1. The molecule has 1 aromatic heterocycles. The number of rotatable bonds is 4. The summed E-state index contributed by atoms with van der Waals surface area (Å²) in [4.78, 5) is 12.7. The molecule has 1 aliphatic rings. The van der Waals surface area contributed by atoms with Crippen molar-refractivity contribution in [1.29, 1.82) is 0 Å². The van der Waals surface area contributed by atoms with Crippen molar-refractivity contribution in [2.75, 3.05) is 24.7 Å². The van der Waals surface area contributed by atoms with Crippen molar-refractivity contribution in [2.24, 2.45) is 5.92 Å². The van der Waals surface area contributed by atoms with Crippen molar-refractivity contribution >= 4 is 21.6 Å². The fourth-order valence-corrected chi connectivity index (χ4v) is 4.19. The van der Waals surface area contributed by atoms with E-state index in [1.54, 1.807) is 0 Å². The van der Waals surface area contributed by atoms with E-state index in [0.717, 1.165) is 22.8 Å². The molecular weight excluding hydrogens is 352 g/mol. The monoisotopic (exact) mass is 376 g/mol. The summed E-state index contributed by atoms with van der Waals surface area (Å²) in [6.07, 6.45) is 2.27. The maximum Gasteiger partial charge on any atom is 0.227 e. The lowest BCUT2D eigenvalue weighted by molar-refractivity contribution is -0.120. The van der Waals surface area contributed by atoms with Crippen LogP contribution in [0.1, 0.15) is 24.2 Å². The smallest absolute Gasteiger partial charge is 0.227 e. The molecule has 8 heteroatoms. The third-order valence-electron chi connectivity index (χ3n) is 4.83. The maximum absolute atomic E-state index is 12.7. The molecule has 0 bridgehead atoms. The minimum absolute atomic E-state index is 0.0723. The Bertz CT molecular complexity index is 898. The molecule has 0 atom stereocenters. The average molecular weight is 376 g/mol. The molecule has 1 aromatic carbocycles. The summed E-state index contributed by atoms with van der Waals surface area (Å²) in [5.41, 5.74) is 3.29. The third-order valence-corrected chi connectivity index (χ3v) is 6.14. The van der Waals surface area contributed by atoms with Gasteiger partial charge in [-0.15, -0.1) is 0 Å². The number of hydrogen-bond acceptors (Lipinski definition) is 4. The molecule has 1 aliphatic heterocycles. The van der Waals surface area contributed by atoms with Crippen LogP contribution in [-0.4, -0.2) is 47.8 Å². The predicted molar refractivity (Wildman–Crippen MR) is 101 cm³/mol. The number of nitrogens with zero attached hydrogens (tertiary/aromatic N) is 3. The van der Waals surface area contributed by atoms with Gasteiger partial charge in [0.25, 0.3) is 0 Å². The van der Waals surface area contributed by atoms with Gasteiger partial charge in [0.2, 0.25) is 15.9 Å². The van der Waals surface area contributed by atoms with Crippen molar-refractivity contribution < 1.29 is 13.2 Å². The highest BCUT2D eigenvalue weighted by Crippen LogP contribution is 2.26. The molecule has 2 aromatic rings. The van der Waals surface area contributed by atoms with Crippen molar-refractivity contribution in [2.45, 2.75) is 26.7 Å². The van der Waals surface area contributed by atoms with Gasteiger partial charge >= 0.3 is 0 Å². The minimum Gasteiger partial charge on any atom is -0.323 e. The first-order valence-corrected chi connectivity index (χ1v) is 10.5. The zero-order valence-electron chi connectivity index (χ0n) is 15.3. The Labute approximate surface area is 154 Å². The molecule has 3 rings (SSSR count). The van der Waals surface area contributed by atoms with Crippen LogP contribution in [-0.2, 0) is 14.8 Å². The van der Waals surface area contributed by atoms with Gasteiger partial charge < -0.3 is 5.32 Å². The van der Waals surface area contributed by atoms with Crippen LogP contribution in [0.3, 0.4) is 0 Å². The quantitative estimate of drug-likeness (QED) is 0.886. The van der Waals surface area contributed by atoms with Crippen LogP contribution in [0.4, 0.5) is 5.69 Å². The van der Waals surface area contributed by atoms with E-state index in [4.69, 9.17) is 0 Å². The van der Waals surface area contributed by atoms with Crippen molar-refractivity contribution in [3.63, 3.8) is 0 Å². The highest BCUT2D eigenvalue weighted by molar-refractivity contribution is 7.88. The first-order chi connectivity index (χ1) is 12.3. The van der Waals surface area contributed by atoms with E-state index in [1.165, 1.54) is 10.6 Å². The van der Waals surface area contributed by atoms with Gasteiger partial charge in [0.15, 0.2) is 0 Å². The summed E-state index contributed by atoms with van der Waals surface area (Å²) in [6, 6.07) is 9.76. The summed E-state index contributed by atoms with van der Waals surface area (Å²) < 4.78 is 26.4. The molecule has 0 aliphatic carbocycles. The molecule has 1 amide bonds. The SMILES string of the molecule is Cc1nn(-c2ccccc2)c(C)c1NC(=O)C1CCN(S(C)(=O)=O)CC1. The van der Waals surface area contributed by atoms with E-state index >= 15 is 0 Å². The second kappa shape index (κ2) is 7.20. The predicted octanol–water partition coefficient (Wildman–Crippen LogP) is 2.10. The number of aryl methyl sites for hydroxylation is 1. The van der Waals surface area contributed by atoms with Crippen LogP contribution in [0.15, 0.2) is 30.3 Å². The highest BCUT2D eigenvalue weighted by Gasteiger charge is 2.29. The Hall–Kier alpha value is -2.19. The number of piperidine rings is 1. The lowest BCUT2D eigenvalue weighted by atomic mass is 9.97. The first-order valence-electron chi connectivity index (χ1n) is 8.65. The van der Waals surface area contributed by atoms with Gasteiger partial charge in [-0.1, -0.05) is 18.2 Å². The Balaban J connectivity index is 1.72. The van der Waals surface area contributed by atoms with Crippen LogP contribution in [0.2, 0.25) is 0 Å². The van der Waals surface area contributed by atoms with Crippen LogP contribution in [0.25, 0.3) is 5.69 Å². The molecule has 2 heterocycles. The summed E-state index contributed by atoms with van der Waals surface area (Å²) in [5, 5.41) is 7.54. The number of nitrogens with one attached hydrogen (secondary N) is 1. The van der Waals surface area contributed by atoms with E-state index < -0.39 is 10.0 Å². The molecule has 140 valence electrons. The van der Waals surface area contributed by atoms with Gasteiger partial charge in [-0.25, -0.2) is 17.4 Å².